The number of hydrogen-bond acceptors (Lipinski definition) is 1. The maximum absolute atomic E-state index is 13.0. The third kappa shape index (κ3) is 9.42. The molecular formula is C12H18F8S. The average Bonchev–Trinajstić information content (AvgIpc) is 2.33. The molecule has 0 radical (unpaired) electrons. The molecule has 0 nitrogen and oxygen atoms in total. The van der Waals surface area contributed by atoms with E-state index in [1.165, 1.54) is 13.8 Å². The summed E-state index contributed by atoms with van der Waals surface area (Å²) in [6.45, 7) is 0.000515. The van der Waals surface area contributed by atoms with Crippen molar-refractivity contribution in [1.82, 2.24) is 0 Å². The minimum Gasteiger partial charge on any atom is -0.250 e. The monoisotopic (exact) mass is 346 g/mol. The molecule has 0 saturated heterocycles. The van der Waals surface area contributed by atoms with Gasteiger partial charge < -0.3 is 0 Å². The van der Waals surface area contributed by atoms with Crippen molar-refractivity contribution < 1.29 is 35.1 Å². The summed E-state index contributed by atoms with van der Waals surface area (Å²) in [5.74, 6) is 0. The predicted molar refractivity (Wildman–Crippen MR) is 66.9 cm³/mol. The lowest BCUT2D eigenvalue weighted by Crippen LogP contribution is -2.36. The second-order valence-corrected chi connectivity index (χ2v) is 7.67. The molecule has 2 atom stereocenters. The van der Waals surface area contributed by atoms with E-state index in [4.69, 9.17) is 0 Å². The smallest absolute Gasteiger partial charge is 0.250 e. The minimum atomic E-state index is -4.49. The number of rotatable bonds is 8. The van der Waals surface area contributed by atoms with Gasteiger partial charge in [0, 0.05) is 22.3 Å². The van der Waals surface area contributed by atoms with Gasteiger partial charge in [-0.15, -0.1) is 11.8 Å². The van der Waals surface area contributed by atoms with Crippen LogP contribution >= 0.6 is 11.8 Å². The van der Waals surface area contributed by atoms with Gasteiger partial charge in [-0.05, 0) is 26.7 Å². The van der Waals surface area contributed by atoms with E-state index < -0.39 is 60.9 Å². The SMILES string of the molecule is CC(CF)(CCC(F)(F)F)SC(C)(CF)CCC(F)(F)F. The zero-order valence-corrected chi connectivity index (χ0v) is 12.5. The van der Waals surface area contributed by atoms with Crippen molar-refractivity contribution in [3.05, 3.63) is 0 Å². The van der Waals surface area contributed by atoms with Crippen molar-refractivity contribution in [3.63, 3.8) is 0 Å². The molecule has 0 fully saturated rings. The molecule has 21 heavy (non-hydrogen) atoms. The Morgan fingerprint density at radius 3 is 1.10 bits per heavy atom. The summed E-state index contributed by atoms with van der Waals surface area (Å²) in [5.41, 5.74) is 0. The topological polar surface area (TPSA) is 0 Å². The molecular weight excluding hydrogens is 328 g/mol. The van der Waals surface area contributed by atoms with Crippen molar-refractivity contribution >= 4 is 11.8 Å². The van der Waals surface area contributed by atoms with E-state index in [9.17, 15) is 35.1 Å². The second-order valence-electron chi connectivity index (χ2n) is 5.50. The molecule has 0 aliphatic heterocycles. The Kier molecular flexibility index (Phi) is 7.30. The first-order valence-electron chi connectivity index (χ1n) is 6.20. The normalized spacial score (nSPS) is 19.1. The molecule has 0 aliphatic carbocycles. The first kappa shape index (κ1) is 20.8. The molecule has 0 rings (SSSR count). The number of halogens is 8. The molecule has 0 aromatic rings. The maximum Gasteiger partial charge on any atom is 0.389 e. The van der Waals surface area contributed by atoms with Crippen molar-refractivity contribution in [3.8, 4) is 0 Å². The van der Waals surface area contributed by atoms with Crippen molar-refractivity contribution in [2.45, 2.75) is 61.4 Å². The summed E-state index contributed by atoms with van der Waals surface area (Å²) in [6.07, 6.45) is -12.7. The van der Waals surface area contributed by atoms with Gasteiger partial charge in [0.2, 0.25) is 0 Å². The van der Waals surface area contributed by atoms with E-state index in [1.54, 1.807) is 0 Å². The first-order valence-corrected chi connectivity index (χ1v) is 7.01. The van der Waals surface area contributed by atoms with Gasteiger partial charge in [0.1, 0.15) is 13.3 Å². The van der Waals surface area contributed by atoms with Crippen LogP contribution < -0.4 is 0 Å². The Balaban J connectivity index is 4.79. The lowest BCUT2D eigenvalue weighted by atomic mass is 10.1. The predicted octanol–water partition coefficient (Wildman–Crippen LogP) is 5.86. The molecule has 0 saturated carbocycles. The Hall–Kier alpha value is -0.210. The largest absolute Gasteiger partial charge is 0.389 e. The third-order valence-corrected chi connectivity index (χ3v) is 4.54. The number of hydrogen-bond donors (Lipinski definition) is 0. The summed E-state index contributed by atoms with van der Waals surface area (Å²) < 4.78 is 96.0. The van der Waals surface area contributed by atoms with E-state index in [0.717, 1.165) is 0 Å². The zero-order chi connectivity index (χ0) is 16.9. The highest BCUT2D eigenvalue weighted by molar-refractivity contribution is 8.02. The molecule has 0 N–H and O–H groups in total. The van der Waals surface area contributed by atoms with Gasteiger partial charge in [0.25, 0.3) is 0 Å². The lowest BCUT2D eigenvalue weighted by Gasteiger charge is -2.36. The quantitative estimate of drug-likeness (QED) is 0.496. The molecule has 0 amide bonds. The molecule has 0 spiro atoms. The fraction of sp³-hybridized carbons (Fsp3) is 1.00. The highest BCUT2D eigenvalue weighted by Gasteiger charge is 2.41. The highest BCUT2D eigenvalue weighted by atomic mass is 32.2. The number of alkyl halides is 8. The Morgan fingerprint density at radius 1 is 0.619 bits per heavy atom. The van der Waals surface area contributed by atoms with E-state index in [0.29, 0.717) is 11.8 Å². The average molecular weight is 346 g/mol. The van der Waals surface area contributed by atoms with Crippen molar-refractivity contribution in [1.29, 1.82) is 0 Å². The van der Waals surface area contributed by atoms with Gasteiger partial charge in [-0.2, -0.15) is 26.3 Å². The molecule has 9 heteroatoms. The molecule has 0 bridgehead atoms. The van der Waals surface area contributed by atoms with E-state index >= 15 is 0 Å². The van der Waals surface area contributed by atoms with E-state index in [-0.39, 0.29) is 0 Å². The van der Waals surface area contributed by atoms with Crippen molar-refractivity contribution in [2.24, 2.45) is 0 Å². The molecule has 0 aliphatic rings. The van der Waals surface area contributed by atoms with Crippen LogP contribution in [0.15, 0.2) is 0 Å². The summed E-state index contributed by atoms with van der Waals surface area (Å²) in [4.78, 5) is 0. The van der Waals surface area contributed by atoms with E-state index in [1.807, 2.05) is 0 Å². The summed E-state index contributed by atoms with van der Waals surface area (Å²) in [7, 11) is 0. The van der Waals surface area contributed by atoms with Crippen LogP contribution in [-0.2, 0) is 0 Å². The Labute approximate surface area is 122 Å². The van der Waals surface area contributed by atoms with Crippen molar-refractivity contribution in [2.75, 3.05) is 13.3 Å². The third-order valence-electron chi connectivity index (χ3n) is 2.93. The van der Waals surface area contributed by atoms with Gasteiger partial charge in [0.15, 0.2) is 0 Å². The summed E-state index contributed by atoms with van der Waals surface area (Å²) in [6, 6.07) is 0. The van der Waals surface area contributed by atoms with Gasteiger partial charge in [-0.1, -0.05) is 0 Å². The highest BCUT2D eigenvalue weighted by Crippen LogP contribution is 2.45. The zero-order valence-electron chi connectivity index (χ0n) is 11.7. The fourth-order valence-corrected chi connectivity index (χ4v) is 3.40. The molecule has 0 heterocycles. The van der Waals surface area contributed by atoms with Gasteiger partial charge in [-0.25, -0.2) is 8.78 Å². The fourth-order valence-electron chi connectivity index (χ4n) is 1.70. The molecule has 0 aromatic heterocycles. The van der Waals surface area contributed by atoms with Crippen LogP contribution in [0.25, 0.3) is 0 Å². The van der Waals surface area contributed by atoms with Gasteiger partial charge in [0.05, 0.1) is 0 Å². The Morgan fingerprint density at radius 2 is 0.905 bits per heavy atom. The van der Waals surface area contributed by atoms with Crippen LogP contribution in [0, 0.1) is 0 Å². The van der Waals surface area contributed by atoms with Gasteiger partial charge in [-0.3, -0.25) is 0 Å². The standard InChI is InChI=1S/C12H18F8S/c1-9(7-13,3-5-11(15,16)17)21-10(2,8-14)4-6-12(18,19)20/h3-8H2,1-2H3. The summed E-state index contributed by atoms with van der Waals surface area (Å²) >= 11 is 0.526. The molecule has 2 unspecified atom stereocenters. The van der Waals surface area contributed by atoms with E-state index in [2.05, 4.69) is 0 Å². The Bertz CT molecular complexity index is 283. The molecule has 128 valence electrons. The van der Waals surface area contributed by atoms with Gasteiger partial charge >= 0.3 is 12.4 Å². The first-order chi connectivity index (χ1) is 9.24. The maximum atomic E-state index is 13.0. The van der Waals surface area contributed by atoms with Crippen LogP contribution in [-0.4, -0.2) is 35.2 Å². The lowest BCUT2D eigenvalue weighted by molar-refractivity contribution is -0.137. The number of thioether (sulfide) groups is 1. The molecule has 0 aromatic carbocycles. The van der Waals surface area contributed by atoms with Crippen LogP contribution in [0.3, 0.4) is 0 Å². The minimum absolute atomic E-state index is 0.526. The second kappa shape index (κ2) is 7.37. The van der Waals surface area contributed by atoms with Crippen LogP contribution in [0.1, 0.15) is 39.5 Å². The summed E-state index contributed by atoms with van der Waals surface area (Å²) in [5, 5.41) is 0. The van der Waals surface area contributed by atoms with Crippen LogP contribution in [0.2, 0.25) is 0 Å². The van der Waals surface area contributed by atoms with Crippen LogP contribution in [0.5, 0.6) is 0 Å². The van der Waals surface area contributed by atoms with Crippen LogP contribution in [0.4, 0.5) is 35.1 Å².